The molecule has 3 aliphatic heterocycles. The minimum absolute atomic E-state index is 0.0156. The molecule has 5 heterocycles. The van der Waals surface area contributed by atoms with Crippen molar-refractivity contribution in [2.75, 3.05) is 14.2 Å². The molecule has 0 spiro atoms. The van der Waals surface area contributed by atoms with Gasteiger partial charge in [0.15, 0.2) is 0 Å². The molecule has 0 bridgehead atoms. The Balaban J connectivity index is 0.826. The van der Waals surface area contributed by atoms with Crippen molar-refractivity contribution >= 4 is 34.8 Å². The first kappa shape index (κ1) is 43.7. The first-order chi connectivity index (χ1) is 31.8. The first-order valence-corrected chi connectivity index (χ1v) is 23.5. The van der Waals surface area contributed by atoms with E-state index in [9.17, 15) is 19.2 Å². The predicted octanol–water partition coefficient (Wildman–Crippen LogP) is 8.17. The summed E-state index contributed by atoms with van der Waals surface area (Å²) in [5, 5.41) is 7.86. The van der Waals surface area contributed by atoms with E-state index in [1.807, 2.05) is 49.9 Å². The molecule has 66 heavy (non-hydrogen) atoms. The number of hydrogen-bond acceptors (Lipinski definition) is 9. The van der Waals surface area contributed by atoms with Crippen LogP contribution >= 0.6 is 0 Å². The highest BCUT2D eigenvalue weighted by molar-refractivity contribution is 5.91. The standard InChI is InChI=1S/C51H60N8O7/c1-25(2)43(56-50(62)64-6)48(60)58-40-20-35(40)21-41(58)46-53-24-39(55-46)34-15-14-32-18-31(12-13-33(32)19-34)29-8-10-30(11-9-29)38-23-52-47(54-38)42-22-37-28(5)45(37)59(42)49(61)44(57-51(63)65-7)36-16-26(3)66-27(4)17-36/h8-15,18-19,23-28,35-37,40-45H,16-17,20-22H2,1-7H3,(H,52,54)(H,53,55)(H,56,62)(H,57,63)/t26-,27+,28-,35-,36+,37?,40-,41+,42?,43?,44+,45?/m1/s1. The number of aromatic amines is 2. The average molecular weight is 897 g/mol. The molecule has 5 aromatic rings. The van der Waals surface area contributed by atoms with Crippen LogP contribution in [-0.2, 0) is 23.8 Å². The molecule has 4 amide bonds. The lowest BCUT2D eigenvalue weighted by molar-refractivity contribution is -0.140. The number of fused-ring (bicyclic) bond motifs is 3. The van der Waals surface area contributed by atoms with Gasteiger partial charge >= 0.3 is 12.2 Å². The molecule has 15 nitrogen and oxygen atoms in total. The number of alkyl carbamates (subject to hydrolysis) is 2. The number of nitrogens with zero attached hydrogens (tertiary/aromatic N) is 4. The van der Waals surface area contributed by atoms with Crippen LogP contribution in [0.3, 0.4) is 0 Å². The van der Waals surface area contributed by atoms with Crippen molar-refractivity contribution in [3.63, 3.8) is 0 Å². The van der Waals surface area contributed by atoms with Crippen LogP contribution in [0.1, 0.15) is 90.5 Å². The van der Waals surface area contributed by atoms with Gasteiger partial charge in [0.25, 0.3) is 0 Å². The molecule has 346 valence electrons. The van der Waals surface area contributed by atoms with Crippen LogP contribution in [0.2, 0.25) is 0 Å². The van der Waals surface area contributed by atoms with Crippen LogP contribution in [-0.4, -0.2) is 104 Å². The molecule has 3 aromatic carbocycles. The van der Waals surface area contributed by atoms with Gasteiger partial charge < -0.3 is 44.6 Å². The Bertz CT molecular complexity index is 2650. The number of carbonyl (C=O) groups is 4. The Hall–Kier alpha value is -6.22. The molecule has 2 aromatic heterocycles. The molecule has 5 fully saturated rings. The van der Waals surface area contributed by atoms with Crippen LogP contribution in [0.25, 0.3) is 44.4 Å². The summed E-state index contributed by atoms with van der Waals surface area (Å²) in [5.41, 5.74) is 5.93. The van der Waals surface area contributed by atoms with Gasteiger partial charge in [-0.3, -0.25) is 9.59 Å². The Kier molecular flexibility index (Phi) is 11.4. The molecule has 0 radical (unpaired) electrons. The lowest BCUT2D eigenvalue weighted by Gasteiger charge is -2.39. The van der Waals surface area contributed by atoms with E-state index in [0.717, 1.165) is 75.3 Å². The number of rotatable bonds is 11. The average Bonchev–Trinajstić information content (AvgIpc) is 3.78. The van der Waals surface area contributed by atoms with Crippen molar-refractivity contribution in [2.24, 2.45) is 29.6 Å². The molecule has 3 saturated heterocycles. The number of methoxy groups -OCH3 is 2. The lowest BCUT2D eigenvalue weighted by Crippen LogP contribution is -2.55. The third-order valence-corrected chi connectivity index (χ3v) is 15.1. The number of H-pyrrole nitrogens is 2. The summed E-state index contributed by atoms with van der Waals surface area (Å²) >= 11 is 0. The Morgan fingerprint density at radius 1 is 0.682 bits per heavy atom. The van der Waals surface area contributed by atoms with Crippen molar-refractivity contribution in [3.05, 3.63) is 84.7 Å². The monoisotopic (exact) mass is 896 g/mol. The third kappa shape index (κ3) is 8.09. The second-order valence-corrected chi connectivity index (χ2v) is 19.7. The molecule has 4 N–H and O–H groups in total. The van der Waals surface area contributed by atoms with Crippen molar-refractivity contribution in [1.82, 2.24) is 40.4 Å². The number of likely N-dealkylation sites (tertiary alicyclic amines) is 2. The van der Waals surface area contributed by atoms with Crippen molar-refractivity contribution in [3.8, 4) is 33.6 Å². The zero-order valence-corrected chi connectivity index (χ0v) is 38.6. The second-order valence-electron chi connectivity index (χ2n) is 19.7. The van der Waals surface area contributed by atoms with Gasteiger partial charge in [0.2, 0.25) is 11.8 Å². The summed E-state index contributed by atoms with van der Waals surface area (Å²) in [6.45, 7) is 10.1. The van der Waals surface area contributed by atoms with E-state index in [4.69, 9.17) is 24.2 Å². The molecular weight excluding hydrogens is 837 g/mol. The maximum Gasteiger partial charge on any atom is 0.407 e. The summed E-state index contributed by atoms with van der Waals surface area (Å²) in [6, 6.07) is 19.8. The van der Waals surface area contributed by atoms with E-state index >= 15 is 0 Å². The molecule has 2 aliphatic carbocycles. The zero-order chi connectivity index (χ0) is 46.1. The lowest BCUT2D eigenvalue weighted by atomic mass is 9.85. The van der Waals surface area contributed by atoms with Crippen LogP contribution in [0.5, 0.6) is 0 Å². The molecule has 12 atom stereocenters. The predicted molar refractivity (Wildman–Crippen MR) is 248 cm³/mol. The minimum atomic E-state index is -0.717. The summed E-state index contributed by atoms with van der Waals surface area (Å²) in [5.74, 6) is 2.38. The quantitative estimate of drug-likeness (QED) is 0.102. The van der Waals surface area contributed by atoms with Gasteiger partial charge in [-0.15, -0.1) is 0 Å². The number of carbonyl (C=O) groups excluding carboxylic acids is 4. The van der Waals surface area contributed by atoms with Crippen LogP contribution in [0, 0.1) is 29.6 Å². The first-order valence-electron chi connectivity index (χ1n) is 23.5. The number of benzene rings is 3. The Morgan fingerprint density at radius 2 is 1.24 bits per heavy atom. The van der Waals surface area contributed by atoms with Crippen LogP contribution in [0.15, 0.2) is 73.1 Å². The van der Waals surface area contributed by atoms with Crippen LogP contribution < -0.4 is 10.6 Å². The zero-order valence-electron chi connectivity index (χ0n) is 38.6. The SMILES string of the molecule is COC(=O)NC(C(=O)N1[C@@H]2C[C@@H]2C[C@H]1c1ncc(-c2ccc3cc(-c4ccc(-c5cnc(C6CC7C([C@@H]7C)N6C(=O)[C@@H](NC(=O)OC)[C@H]6C[C@@H](C)O[C@@H](C)C6)[nH]5)cc4)ccc3c2)[nH]1)C(C)C. The second kappa shape index (κ2) is 17.2. The smallest absolute Gasteiger partial charge is 0.407 e. The summed E-state index contributed by atoms with van der Waals surface area (Å²) in [6.07, 6.45) is 6.43. The van der Waals surface area contributed by atoms with Crippen molar-refractivity contribution in [2.45, 2.75) is 115 Å². The van der Waals surface area contributed by atoms with Gasteiger partial charge in [0.05, 0.1) is 62.3 Å². The molecular formula is C51H60N8O7. The summed E-state index contributed by atoms with van der Waals surface area (Å²) in [4.78, 5) is 73.8. The molecule has 10 rings (SSSR count). The highest BCUT2D eigenvalue weighted by Crippen LogP contribution is 2.58. The van der Waals surface area contributed by atoms with E-state index in [-0.39, 0.29) is 60.0 Å². The molecule has 5 aliphatic rings. The number of nitrogens with one attached hydrogen (secondary N) is 4. The van der Waals surface area contributed by atoms with Gasteiger partial charge in [-0.1, -0.05) is 69.3 Å². The Labute approximate surface area is 384 Å². The van der Waals surface area contributed by atoms with E-state index in [1.54, 1.807) is 0 Å². The summed E-state index contributed by atoms with van der Waals surface area (Å²) in [7, 11) is 2.63. The fourth-order valence-electron chi connectivity index (χ4n) is 11.5. The normalized spacial score (nSPS) is 28.4. The van der Waals surface area contributed by atoms with Crippen LogP contribution in [0.4, 0.5) is 9.59 Å². The fourth-order valence-corrected chi connectivity index (χ4v) is 11.5. The number of hydrogen-bond donors (Lipinski definition) is 4. The third-order valence-electron chi connectivity index (χ3n) is 15.1. The number of aromatic nitrogens is 4. The minimum Gasteiger partial charge on any atom is -0.453 e. The van der Waals surface area contributed by atoms with E-state index in [0.29, 0.717) is 30.6 Å². The van der Waals surface area contributed by atoms with E-state index in [2.05, 4.69) is 88.2 Å². The molecule has 2 saturated carbocycles. The van der Waals surface area contributed by atoms with Gasteiger partial charge in [0, 0.05) is 17.6 Å². The Morgan fingerprint density at radius 3 is 1.88 bits per heavy atom. The molecule has 15 heteroatoms. The van der Waals surface area contributed by atoms with Gasteiger partial charge in [-0.05, 0) is 115 Å². The highest BCUT2D eigenvalue weighted by atomic mass is 16.5. The van der Waals surface area contributed by atoms with Gasteiger partial charge in [-0.25, -0.2) is 19.6 Å². The van der Waals surface area contributed by atoms with Gasteiger partial charge in [-0.2, -0.15) is 0 Å². The van der Waals surface area contributed by atoms with Gasteiger partial charge in [0.1, 0.15) is 23.7 Å². The van der Waals surface area contributed by atoms with E-state index in [1.165, 1.54) is 14.2 Å². The molecule has 4 unspecified atom stereocenters. The highest BCUT2D eigenvalue weighted by Gasteiger charge is 2.62. The maximum atomic E-state index is 14.6. The number of piperidine rings is 2. The van der Waals surface area contributed by atoms with Crippen molar-refractivity contribution in [1.29, 1.82) is 0 Å². The van der Waals surface area contributed by atoms with Crippen molar-refractivity contribution < 1.29 is 33.4 Å². The maximum absolute atomic E-state index is 14.6. The number of amides is 4. The largest absolute Gasteiger partial charge is 0.453 e. The van der Waals surface area contributed by atoms with E-state index < -0.39 is 24.3 Å². The summed E-state index contributed by atoms with van der Waals surface area (Å²) < 4.78 is 15.8. The fraction of sp³-hybridized carbons (Fsp3) is 0.490. The number of imidazole rings is 2. The topological polar surface area (TPSA) is 184 Å². The number of ether oxygens (including phenoxy) is 3.